The molecule has 0 aliphatic heterocycles. The molecule has 2 aromatic rings. The molecule has 0 unspecified atom stereocenters. The van der Waals surface area contributed by atoms with Crippen LogP contribution in [0.25, 0.3) is 11.5 Å². The molecule has 0 amide bonds. The molecule has 2 rings (SSSR count). The van der Waals surface area contributed by atoms with E-state index < -0.39 is 0 Å². The third-order valence-corrected chi connectivity index (χ3v) is 1.95. The normalized spacial score (nSPS) is 10.4. The van der Waals surface area contributed by atoms with Crippen molar-refractivity contribution < 1.29 is 9.21 Å². The topological polar surface area (TPSA) is 48.0 Å². The number of hydrogen-bond acceptors (Lipinski definition) is 3. The number of aryl methyl sites for hydroxylation is 2. The van der Waals surface area contributed by atoms with Gasteiger partial charge in [-0.15, -0.1) is 0 Å². The van der Waals surface area contributed by atoms with Crippen molar-refractivity contribution in [3.8, 4) is 11.5 Å². The smallest absolute Gasteiger partial charge is 0.155 e. The lowest BCUT2D eigenvalue weighted by Gasteiger charge is -1.89. The number of carbonyl (C=O) groups excluding carboxylic acids is 1. The Labute approximate surface area is 81.1 Å². The molecule has 4 heteroatoms. The lowest BCUT2D eigenvalue weighted by Crippen LogP contribution is -1.86. The number of rotatable bonds is 2. The van der Waals surface area contributed by atoms with Gasteiger partial charge in [-0.1, -0.05) is 0 Å². The fourth-order valence-corrected chi connectivity index (χ4v) is 1.34. The van der Waals surface area contributed by atoms with Gasteiger partial charge >= 0.3 is 0 Å². The Kier molecular flexibility index (Phi) is 1.96. The Morgan fingerprint density at radius 3 is 2.93 bits per heavy atom. The van der Waals surface area contributed by atoms with Crippen molar-refractivity contribution in [2.24, 2.45) is 7.05 Å². The van der Waals surface area contributed by atoms with E-state index in [1.807, 2.05) is 13.0 Å². The Morgan fingerprint density at radius 1 is 1.57 bits per heavy atom. The summed E-state index contributed by atoms with van der Waals surface area (Å²) in [5.74, 6) is 0.630. The second-order valence-electron chi connectivity index (χ2n) is 3.21. The summed E-state index contributed by atoms with van der Waals surface area (Å²) in [5, 5.41) is 4.16. The van der Waals surface area contributed by atoms with E-state index in [0.717, 1.165) is 11.8 Å². The minimum Gasteiger partial charge on any atom is -0.462 e. The Bertz CT molecular complexity index is 468. The van der Waals surface area contributed by atoms with Gasteiger partial charge in [-0.2, -0.15) is 5.10 Å². The zero-order chi connectivity index (χ0) is 10.1. The zero-order valence-electron chi connectivity index (χ0n) is 8.02. The van der Waals surface area contributed by atoms with Gasteiger partial charge in [-0.05, 0) is 18.6 Å². The Morgan fingerprint density at radius 2 is 2.36 bits per heavy atom. The molecule has 0 aliphatic carbocycles. The van der Waals surface area contributed by atoms with Gasteiger partial charge in [0.05, 0.1) is 11.8 Å². The number of furan rings is 1. The number of hydrogen-bond donors (Lipinski definition) is 0. The van der Waals surface area contributed by atoms with Crippen molar-refractivity contribution >= 4 is 6.29 Å². The van der Waals surface area contributed by atoms with Gasteiger partial charge in [-0.25, -0.2) is 0 Å². The SMILES string of the molecule is Cc1coc(-c2nn(C)cc2C=O)c1. The van der Waals surface area contributed by atoms with Crippen LogP contribution in [0.2, 0.25) is 0 Å². The van der Waals surface area contributed by atoms with Crippen LogP contribution in [0.4, 0.5) is 0 Å². The summed E-state index contributed by atoms with van der Waals surface area (Å²) < 4.78 is 6.87. The molecule has 0 N–H and O–H groups in total. The van der Waals surface area contributed by atoms with Gasteiger partial charge in [0.15, 0.2) is 12.0 Å². The summed E-state index contributed by atoms with van der Waals surface area (Å²) >= 11 is 0. The van der Waals surface area contributed by atoms with Crippen LogP contribution in [0.5, 0.6) is 0 Å². The standard InChI is InChI=1S/C10H10N2O2/c1-7-3-9(14-6-7)10-8(5-13)4-12(2)11-10/h3-6H,1-2H3. The predicted molar refractivity (Wildman–Crippen MR) is 51.0 cm³/mol. The van der Waals surface area contributed by atoms with Crippen molar-refractivity contribution in [3.63, 3.8) is 0 Å². The first-order valence-electron chi connectivity index (χ1n) is 4.25. The van der Waals surface area contributed by atoms with E-state index in [2.05, 4.69) is 5.10 Å². The fourth-order valence-electron chi connectivity index (χ4n) is 1.34. The van der Waals surface area contributed by atoms with E-state index in [9.17, 15) is 4.79 Å². The van der Waals surface area contributed by atoms with Crippen LogP contribution in [0.3, 0.4) is 0 Å². The molecule has 4 nitrogen and oxygen atoms in total. The molecule has 0 saturated carbocycles. The first kappa shape index (κ1) is 8.74. The van der Waals surface area contributed by atoms with E-state index >= 15 is 0 Å². The van der Waals surface area contributed by atoms with Gasteiger partial charge in [0.25, 0.3) is 0 Å². The van der Waals surface area contributed by atoms with Crippen LogP contribution in [0.15, 0.2) is 22.9 Å². The van der Waals surface area contributed by atoms with E-state index in [4.69, 9.17) is 4.42 Å². The molecule has 14 heavy (non-hydrogen) atoms. The maximum Gasteiger partial charge on any atom is 0.155 e. The van der Waals surface area contributed by atoms with Gasteiger partial charge in [0.2, 0.25) is 0 Å². The van der Waals surface area contributed by atoms with Crippen LogP contribution in [-0.4, -0.2) is 16.1 Å². The highest BCUT2D eigenvalue weighted by atomic mass is 16.3. The van der Waals surface area contributed by atoms with E-state index in [0.29, 0.717) is 17.0 Å². The molecule has 2 heterocycles. The van der Waals surface area contributed by atoms with E-state index in [-0.39, 0.29) is 0 Å². The third-order valence-electron chi connectivity index (χ3n) is 1.95. The quantitative estimate of drug-likeness (QED) is 0.678. The van der Waals surface area contributed by atoms with Crippen molar-refractivity contribution in [1.82, 2.24) is 9.78 Å². The summed E-state index contributed by atoms with van der Waals surface area (Å²) in [6.45, 7) is 1.93. The van der Waals surface area contributed by atoms with Crippen molar-refractivity contribution in [2.45, 2.75) is 6.92 Å². The molecule has 2 aromatic heterocycles. The van der Waals surface area contributed by atoms with E-state index in [1.54, 1.807) is 24.2 Å². The molecule has 72 valence electrons. The number of nitrogens with zero attached hydrogens (tertiary/aromatic N) is 2. The lowest BCUT2D eigenvalue weighted by molar-refractivity contribution is 0.112. The molecule has 0 spiro atoms. The molecular weight excluding hydrogens is 180 g/mol. The second-order valence-corrected chi connectivity index (χ2v) is 3.21. The largest absolute Gasteiger partial charge is 0.462 e. The fraction of sp³-hybridized carbons (Fsp3) is 0.200. The molecule has 0 aliphatic rings. The van der Waals surface area contributed by atoms with Crippen LogP contribution < -0.4 is 0 Å². The van der Waals surface area contributed by atoms with E-state index in [1.165, 1.54) is 0 Å². The Balaban J connectivity index is 2.55. The first-order valence-corrected chi connectivity index (χ1v) is 4.25. The lowest BCUT2D eigenvalue weighted by atomic mass is 10.2. The van der Waals surface area contributed by atoms with Gasteiger partial charge in [0, 0.05) is 13.2 Å². The van der Waals surface area contributed by atoms with Crippen LogP contribution in [-0.2, 0) is 7.05 Å². The number of carbonyl (C=O) groups is 1. The molecule has 0 saturated heterocycles. The zero-order valence-corrected chi connectivity index (χ0v) is 8.02. The highest BCUT2D eigenvalue weighted by Crippen LogP contribution is 2.22. The predicted octanol–water partition coefficient (Wildman–Crippen LogP) is 1.80. The Hall–Kier alpha value is -1.84. The van der Waals surface area contributed by atoms with Gasteiger partial charge in [-0.3, -0.25) is 9.48 Å². The summed E-state index contributed by atoms with van der Waals surface area (Å²) in [6, 6.07) is 1.86. The molecule has 0 aromatic carbocycles. The average molecular weight is 190 g/mol. The van der Waals surface area contributed by atoms with Gasteiger partial charge < -0.3 is 4.42 Å². The summed E-state index contributed by atoms with van der Waals surface area (Å²) in [7, 11) is 1.77. The highest BCUT2D eigenvalue weighted by Gasteiger charge is 2.12. The molecule has 0 atom stereocenters. The third kappa shape index (κ3) is 1.35. The maximum atomic E-state index is 10.7. The van der Waals surface area contributed by atoms with Crippen LogP contribution in [0.1, 0.15) is 15.9 Å². The molecule has 0 fully saturated rings. The van der Waals surface area contributed by atoms with Crippen molar-refractivity contribution in [1.29, 1.82) is 0 Å². The van der Waals surface area contributed by atoms with Gasteiger partial charge in [0.1, 0.15) is 5.69 Å². The van der Waals surface area contributed by atoms with Crippen molar-refractivity contribution in [3.05, 3.63) is 29.7 Å². The highest BCUT2D eigenvalue weighted by molar-refractivity contribution is 5.84. The number of aromatic nitrogens is 2. The second kappa shape index (κ2) is 3.14. The first-order chi connectivity index (χ1) is 6.70. The minimum absolute atomic E-state index is 0.543. The maximum absolute atomic E-state index is 10.7. The van der Waals surface area contributed by atoms with Crippen molar-refractivity contribution in [2.75, 3.05) is 0 Å². The molecule has 0 radical (unpaired) electrons. The summed E-state index contributed by atoms with van der Waals surface area (Å²) in [4.78, 5) is 10.7. The molecular formula is C10H10N2O2. The summed E-state index contributed by atoms with van der Waals surface area (Å²) in [6.07, 6.45) is 4.08. The van der Waals surface area contributed by atoms with Crippen LogP contribution >= 0.6 is 0 Å². The monoisotopic (exact) mass is 190 g/mol. The molecule has 0 bridgehead atoms. The average Bonchev–Trinajstić information content (AvgIpc) is 2.71. The summed E-state index contributed by atoms with van der Waals surface area (Å²) in [5.41, 5.74) is 2.15. The minimum atomic E-state index is 0.543. The van der Waals surface area contributed by atoms with Crippen LogP contribution in [0, 0.1) is 6.92 Å². The number of aldehydes is 1.